The van der Waals surface area contributed by atoms with Crippen LogP contribution >= 0.6 is 0 Å². The molecule has 1 aliphatic rings. The van der Waals surface area contributed by atoms with Gasteiger partial charge in [-0.25, -0.2) is 9.90 Å². The van der Waals surface area contributed by atoms with Crippen molar-refractivity contribution in [3.63, 3.8) is 0 Å². The average molecular weight is 254 g/mol. The van der Waals surface area contributed by atoms with Crippen LogP contribution in [-0.4, -0.2) is 38.7 Å². The van der Waals surface area contributed by atoms with E-state index in [1.165, 1.54) is 6.20 Å². The summed E-state index contributed by atoms with van der Waals surface area (Å²) in [6.45, 7) is 0. The molecule has 1 aromatic carbocycles. The first-order valence-corrected chi connectivity index (χ1v) is 5.80. The van der Waals surface area contributed by atoms with Crippen molar-refractivity contribution in [2.75, 3.05) is 0 Å². The molecule has 0 fully saturated rings. The maximum Gasteiger partial charge on any atom is 0.475 e. The van der Waals surface area contributed by atoms with Gasteiger partial charge >= 0.3 is 7.05 Å². The van der Waals surface area contributed by atoms with E-state index in [4.69, 9.17) is 0 Å². The first-order chi connectivity index (χ1) is 9.18. The Kier molecular flexibility index (Phi) is 2.68. The highest BCUT2D eigenvalue weighted by Crippen LogP contribution is 2.09. The molecule has 1 N–H and O–H groups in total. The fourth-order valence-electron chi connectivity index (χ4n) is 2.02. The molecule has 1 aromatic heterocycles. The molecule has 0 spiro atoms. The molecule has 0 aliphatic carbocycles. The number of imidazole rings is 1. The normalized spacial score (nSPS) is 13.6. The van der Waals surface area contributed by atoms with Crippen LogP contribution in [0.2, 0.25) is 0 Å². The zero-order chi connectivity index (χ0) is 13.4. The summed E-state index contributed by atoms with van der Waals surface area (Å²) in [5.41, 5.74) is 1.46. The lowest BCUT2D eigenvalue weighted by molar-refractivity contribution is 0.0831. The van der Waals surface area contributed by atoms with Crippen LogP contribution in [0.3, 0.4) is 0 Å². The number of benzene rings is 1. The molecule has 0 saturated heterocycles. The fourth-order valence-corrected chi connectivity index (χ4v) is 2.02. The molecule has 2 aromatic rings. The van der Waals surface area contributed by atoms with Crippen LogP contribution in [0.1, 0.15) is 16.2 Å². The molecule has 7 heteroatoms. The van der Waals surface area contributed by atoms with Gasteiger partial charge in [0.2, 0.25) is 0 Å². The van der Waals surface area contributed by atoms with Gasteiger partial charge in [0.15, 0.2) is 5.82 Å². The maximum atomic E-state index is 12.3. The van der Waals surface area contributed by atoms with Gasteiger partial charge < -0.3 is 9.59 Å². The third-order valence-corrected chi connectivity index (χ3v) is 3.05. The van der Waals surface area contributed by atoms with Crippen LogP contribution in [0.5, 0.6) is 0 Å². The van der Waals surface area contributed by atoms with Crippen LogP contribution in [0.4, 0.5) is 0 Å². The summed E-state index contributed by atoms with van der Waals surface area (Å²) in [7, 11) is 0.624. The van der Waals surface area contributed by atoms with E-state index < -0.39 is 13.0 Å². The van der Waals surface area contributed by atoms with Gasteiger partial charge in [-0.05, 0) is 11.0 Å². The number of hydrazone groups is 1. The maximum absolute atomic E-state index is 12.3. The van der Waals surface area contributed by atoms with Gasteiger partial charge in [0, 0.05) is 19.4 Å². The molecule has 0 bridgehead atoms. The van der Waals surface area contributed by atoms with Crippen molar-refractivity contribution in [2.24, 2.45) is 12.1 Å². The first-order valence-electron chi connectivity index (χ1n) is 5.80. The summed E-state index contributed by atoms with van der Waals surface area (Å²) in [5, 5.41) is 14.2. The molecule has 94 valence electrons. The van der Waals surface area contributed by atoms with E-state index in [1.54, 1.807) is 30.1 Å². The minimum absolute atomic E-state index is 0.232. The molecule has 1 aliphatic heterocycles. The molecule has 1 amide bonds. The van der Waals surface area contributed by atoms with E-state index in [0.29, 0.717) is 5.46 Å². The minimum atomic E-state index is -1.09. The second-order valence-corrected chi connectivity index (χ2v) is 4.26. The number of hydrogen-bond acceptors (Lipinski definition) is 4. The lowest BCUT2D eigenvalue weighted by Gasteiger charge is -2.24. The highest BCUT2D eigenvalue weighted by molar-refractivity contribution is 6.67. The van der Waals surface area contributed by atoms with Crippen LogP contribution in [0.15, 0.2) is 41.8 Å². The number of aryl methyl sites for hydroxylation is 1. The Morgan fingerprint density at radius 2 is 2.16 bits per heavy atom. The Labute approximate surface area is 110 Å². The Bertz CT molecular complexity index is 667. The molecule has 0 saturated carbocycles. The third-order valence-electron chi connectivity index (χ3n) is 3.05. The van der Waals surface area contributed by atoms with Crippen molar-refractivity contribution in [2.45, 2.75) is 0 Å². The minimum Gasteiger partial charge on any atom is -0.427 e. The standard InChI is InChI=1S/C12H11BN4O2/c1-16-7-6-14-11(16)12(18)17-13(19)10-5-3-2-4-9(10)8-15-17/h2-8,19H,1H3. The Morgan fingerprint density at radius 3 is 2.89 bits per heavy atom. The molecule has 0 unspecified atom stereocenters. The largest absolute Gasteiger partial charge is 0.475 e. The topological polar surface area (TPSA) is 70.7 Å². The Balaban J connectivity index is 1.97. The van der Waals surface area contributed by atoms with Gasteiger partial charge in [-0.2, -0.15) is 5.10 Å². The number of aromatic nitrogens is 2. The summed E-state index contributed by atoms with van der Waals surface area (Å²) < 4.78 is 1.59. The number of hydrogen-bond donors (Lipinski definition) is 1. The van der Waals surface area contributed by atoms with E-state index in [-0.39, 0.29) is 5.82 Å². The van der Waals surface area contributed by atoms with E-state index in [9.17, 15) is 9.82 Å². The number of carbonyl (C=O) groups excluding carboxylic acids is 1. The van der Waals surface area contributed by atoms with Crippen molar-refractivity contribution >= 4 is 24.6 Å². The lowest BCUT2D eigenvalue weighted by atomic mass is 9.70. The summed E-state index contributed by atoms with van der Waals surface area (Å²) >= 11 is 0. The summed E-state index contributed by atoms with van der Waals surface area (Å²) in [6, 6.07) is 7.27. The van der Waals surface area contributed by atoms with Gasteiger partial charge in [0.1, 0.15) is 0 Å². The van der Waals surface area contributed by atoms with Gasteiger partial charge in [-0.15, -0.1) is 0 Å². The second kappa shape index (κ2) is 4.36. The first kappa shape index (κ1) is 11.7. The SMILES string of the molecule is Cn1ccnc1C(=O)N1N=Cc2ccccc2B1O. The summed E-state index contributed by atoms with van der Waals surface area (Å²) in [4.78, 5) is 17.3. The predicted octanol–water partition coefficient (Wildman–Crippen LogP) is -0.402. The van der Waals surface area contributed by atoms with Crippen LogP contribution in [0.25, 0.3) is 0 Å². The lowest BCUT2D eigenvalue weighted by Crippen LogP contribution is -2.52. The molecule has 6 nitrogen and oxygen atoms in total. The van der Waals surface area contributed by atoms with Gasteiger partial charge in [-0.3, -0.25) is 4.79 Å². The molecule has 2 heterocycles. The van der Waals surface area contributed by atoms with Crippen molar-refractivity contribution in [1.82, 2.24) is 14.5 Å². The zero-order valence-electron chi connectivity index (χ0n) is 10.3. The Hall–Kier alpha value is -2.41. The highest BCUT2D eigenvalue weighted by Gasteiger charge is 2.35. The van der Waals surface area contributed by atoms with E-state index in [0.717, 1.165) is 10.5 Å². The quantitative estimate of drug-likeness (QED) is 0.704. The van der Waals surface area contributed by atoms with Gasteiger partial charge in [0.25, 0.3) is 5.91 Å². The number of nitrogens with zero attached hydrogens (tertiary/aromatic N) is 4. The zero-order valence-corrected chi connectivity index (χ0v) is 10.3. The molecule has 19 heavy (non-hydrogen) atoms. The second-order valence-electron chi connectivity index (χ2n) is 4.26. The molecule has 0 atom stereocenters. The smallest absolute Gasteiger partial charge is 0.427 e. The fraction of sp³-hybridized carbons (Fsp3) is 0.0833. The van der Waals surface area contributed by atoms with E-state index >= 15 is 0 Å². The monoisotopic (exact) mass is 254 g/mol. The molecular weight excluding hydrogens is 243 g/mol. The summed E-state index contributed by atoms with van der Waals surface area (Å²) in [5.74, 6) is -0.207. The van der Waals surface area contributed by atoms with Crippen molar-refractivity contribution in [1.29, 1.82) is 0 Å². The number of carbonyl (C=O) groups is 1. The van der Waals surface area contributed by atoms with Crippen molar-refractivity contribution in [3.8, 4) is 0 Å². The number of amides is 1. The molecule has 3 rings (SSSR count). The Morgan fingerprint density at radius 1 is 1.37 bits per heavy atom. The average Bonchev–Trinajstić information content (AvgIpc) is 2.85. The van der Waals surface area contributed by atoms with Gasteiger partial charge in [-0.1, -0.05) is 24.3 Å². The van der Waals surface area contributed by atoms with Crippen molar-refractivity contribution in [3.05, 3.63) is 48.0 Å². The number of fused-ring (bicyclic) bond motifs is 1. The van der Waals surface area contributed by atoms with Crippen LogP contribution in [-0.2, 0) is 7.05 Å². The molecular formula is C12H11BN4O2. The highest BCUT2D eigenvalue weighted by atomic mass is 16.2. The van der Waals surface area contributed by atoms with Crippen molar-refractivity contribution < 1.29 is 9.82 Å². The van der Waals surface area contributed by atoms with Crippen LogP contribution < -0.4 is 5.46 Å². The van der Waals surface area contributed by atoms with Gasteiger partial charge in [0.05, 0.1) is 6.21 Å². The van der Waals surface area contributed by atoms with Crippen LogP contribution in [0, 0.1) is 0 Å². The van der Waals surface area contributed by atoms with E-state index in [1.807, 2.05) is 18.2 Å². The number of rotatable bonds is 1. The predicted molar refractivity (Wildman–Crippen MR) is 71.0 cm³/mol. The third kappa shape index (κ3) is 1.84. The summed E-state index contributed by atoms with van der Waals surface area (Å²) in [6.07, 6.45) is 4.76. The molecule has 0 radical (unpaired) electrons. The van der Waals surface area contributed by atoms with E-state index in [2.05, 4.69) is 10.1 Å².